The van der Waals surface area contributed by atoms with Gasteiger partial charge in [-0.1, -0.05) is 20.8 Å². The van der Waals surface area contributed by atoms with Crippen LogP contribution in [0.3, 0.4) is 0 Å². The first-order valence-electron chi connectivity index (χ1n) is 7.01. The number of rotatable bonds is 5. The van der Waals surface area contributed by atoms with Crippen molar-refractivity contribution >= 4 is 5.91 Å². The quantitative estimate of drug-likeness (QED) is 0.900. The molecule has 0 aliphatic carbocycles. The Morgan fingerprint density at radius 1 is 1.30 bits per heavy atom. The van der Waals surface area contributed by atoms with Crippen LogP contribution in [0.4, 0.5) is 0 Å². The molecule has 1 amide bonds. The Morgan fingerprint density at radius 3 is 2.40 bits per heavy atom. The average Bonchev–Trinajstić information content (AvgIpc) is 2.76. The smallest absolute Gasteiger partial charge is 0.249 e. The van der Waals surface area contributed by atoms with E-state index < -0.39 is 6.10 Å². The maximum absolute atomic E-state index is 12.3. The van der Waals surface area contributed by atoms with Crippen LogP contribution in [-0.2, 0) is 16.1 Å². The topological polar surface area (TPSA) is 56.1 Å². The summed E-state index contributed by atoms with van der Waals surface area (Å²) in [5.74, 6) is -0.0625. The number of aromatic nitrogens is 2. The highest BCUT2D eigenvalue weighted by atomic mass is 16.5. The van der Waals surface area contributed by atoms with E-state index in [0.29, 0.717) is 13.1 Å². The van der Waals surface area contributed by atoms with Gasteiger partial charge in [0, 0.05) is 25.5 Å². The predicted molar refractivity (Wildman–Crippen MR) is 79.3 cm³/mol. The number of hydrogen-bond acceptors (Lipinski definition) is 3. The van der Waals surface area contributed by atoms with Crippen molar-refractivity contribution in [1.82, 2.24) is 14.9 Å². The number of ether oxygens (including phenoxy) is 1. The molecule has 0 aliphatic heterocycles. The molecular weight excluding hydrogens is 254 g/mol. The second-order valence-electron chi connectivity index (χ2n) is 7.07. The fourth-order valence-electron chi connectivity index (χ4n) is 1.80. The van der Waals surface area contributed by atoms with Gasteiger partial charge in [-0.2, -0.15) is 0 Å². The molecule has 0 aromatic carbocycles. The zero-order chi connectivity index (χ0) is 15.4. The average molecular weight is 281 g/mol. The Morgan fingerprint density at radius 2 is 1.95 bits per heavy atom. The highest BCUT2D eigenvalue weighted by Gasteiger charge is 2.35. The molecule has 0 saturated carbocycles. The molecule has 1 aromatic rings. The van der Waals surface area contributed by atoms with Crippen molar-refractivity contribution in [3.05, 3.63) is 18.7 Å². The lowest BCUT2D eigenvalue weighted by Crippen LogP contribution is -2.48. The van der Waals surface area contributed by atoms with Gasteiger partial charge in [-0.25, -0.2) is 4.98 Å². The molecule has 0 radical (unpaired) electrons. The fourth-order valence-corrected chi connectivity index (χ4v) is 1.80. The minimum Gasteiger partial charge on any atom is -0.362 e. The Kier molecular flexibility index (Phi) is 5.34. The maximum atomic E-state index is 12.3. The van der Waals surface area contributed by atoms with Crippen molar-refractivity contribution in [1.29, 1.82) is 0 Å². The van der Waals surface area contributed by atoms with Crippen molar-refractivity contribution in [2.45, 2.75) is 59.8 Å². The van der Waals surface area contributed by atoms with E-state index >= 15 is 0 Å². The van der Waals surface area contributed by atoms with Crippen LogP contribution in [-0.4, -0.2) is 33.7 Å². The summed E-state index contributed by atoms with van der Waals surface area (Å²) >= 11 is 0. The van der Waals surface area contributed by atoms with Gasteiger partial charge >= 0.3 is 0 Å². The first-order valence-corrected chi connectivity index (χ1v) is 7.01. The molecule has 0 fully saturated rings. The first kappa shape index (κ1) is 16.7. The molecule has 0 bridgehead atoms. The second-order valence-corrected chi connectivity index (χ2v) is 7.07. The Bertz CT molecular complexity index is 413. The third-order valence-electron chi connectivity index (χ3n) is 2.72. The van der Waals surface area contributed by atoms with Crippen molar-refractivity contribution < 1.29 is 9.53 Å². The third kappa shape index (κ3) is 5.74. The SMILES string of the molecule is CC(C)(C)OC(C(=O)NCCn1ccnc1)C(C)(C)C. The van der Waals surface area contributed by atoms with E-state index in [1.165, 1.54) is 0 Å². The highest BCUT2D eigenvalue weighted by Crippen LogP contribution is 2.26. The van der Waals surface area contributed by atoms with Gasteiger partial charge in [0.05, 0.1) is 11.9 Å². The summed E-state index contributed by atoms with van der Waals surface area (Å²) < 4.78 is 7.85. The molecule has 1 unspecified atom stereocenters. The number of imidazole rings is 1. The molecule has 1 heterocycles. The van der Waals surface area contributed by atoms with E-state index in [1.807, 2.05) is 52.3 Å². The molecule has 1 N–H and O–H groups in total. The van der Waals surface area contributed by atoms with Gasteiger partial charge in [0.2, 0.25) is 5.91 Å². The van der Waals surface area contributed by atoms with Crippen molar-refractivity contribution in [2.75, 3.05) is 6.54 Å². The lowest BCUT2D eigenvalue weighted by Gasteiger charge is -2.35. The highest BCUT2D eigenvalue weighted by molar-refractivity contribution is 5.81. The number of hydrogen-bond donors (Lipinski definition) is 1. The summed E-state index contributed by atoms with van der Waals surface area (Å²) in [5.41, 5.74) is -0.591. The van der Waals surface area contributed by atoms with Gasteiger partial charge in [0.25, 0.3) is 0 Å². The number of carbonyl (C=O) groups excluding carboxylic acids is 1. The van der Waals surface area contributed by atoms with Crippen molar-refractivity contribution in [2.24, 2.45) is 5.41 Å². The monoisotopic (exact) mass is 281 g/mol. The largest absolute Gasteiger partial charge is 0.362 e. The molecule has 0 aliphatic rings. The molecule has 0 spiro atoms. The standard InChI is InChI=1S/C15H27N3O2/c1-14(2,3)12(20-15(4,5)6)13(19)17-8-10-18-9-7-16-11-18/h7,9,11-12H,8,10H2,1-6H3,(H,17,19). The maximum Gasteiger partial charge on any atom is 0.249 e. The van der Waals surface area contributed by atoms with Gasteiger partial charge in [0.1, 0.15) is 6.10 Å². The second kappa shape index (κ2) is 6.39. The zero-order valence-corrected chi connectivity index (χ0v) is 13.4. The predicted octanol–water partition coefficient (Wildman–Crippen LogP) is 2.23. The summed E-state index contributed by atoms with van der Waals surface area (Å²) in [6.07, 6.45) is 4.87. The van der Waals surface area contributed by atoms with Gasteiger partial charge in [-0.05, 0) is 26.2 Å². The minimum atomic E-state index is -0.467. The van der Waals surface area contributed by atoms with Crippen molar-refractivity contribution in [3.8, 4) is 0 Å². The Labute approximate surface area is 121 Å². The van der Waals surface area contributed by atoms with Crippen LogP contribution in [0.25, 0.3) is 0 Å². The molecule has 114 valence electrons. The van der Waals surface area contributed by atoms with Gasteiger partial charge in [-0.15, -0.1) is 0 Å². The molecule has 1 atom stereocenters. The lowest BCUT2D eigenvalue weighted by atomic mass is 9.87. The first-order chi connectivity index (χ1) is 9.09. The number of carbonyl (C=O) groups is 1. The molecule has 1 rings (SSSR count). The van der Waals surface area contributed by atoms with Crippen LogP contribution in [0.15, 0.2) is 18.7 Å². The molecule has 5 heteroatoms. The van der Waals surface area contributed by atoms with Crippen LogP contribution in [0.1, 0.15) is 41.5 Å². The van der Waals surface area contributed by atoms with Crippen LogP contribution in [0.5, 0.6) is 0 Å². The van der Waals surface area contributed by atoms with E-state index in [0.717, 1.165) is 0 Å². The van der Waals surface area contributed by atoms with Gasteiger partial charge in [0.15, 0.2) is 0 Å². The van der Waals surface area contributed by atoms with Crippen molar-refractivity contribution in [3.63, 3.8) is 0 Å². The third-order valence-corrected chi connectivity index (χ3v) is 2.72. The summed E-state index contributed by atoms with van der Waals surface area (Å²) in [7, 11) is 0. The lowest BCUT2D eigenvalue weighted by molar-refractivity contribution is -0.154. The molecule has 5 nitrogen and oxygen atoms in total. The van der Waals surface area contributed by atoms with E-state index in [9.17, 15) is 4.79 Å². The molecular formula is C15H27N3O2. The Balaban J connectivity index is 2.55. The summed E-state index contributed by atoms with van der Waals surface area (Å²) in [4.78, 5) is 16.3. The number of nitrogens with zero attached hydrogens (tertiary/aromatic N) is 2. The Hall–Kier alpha value is -1.36. The zero-order valence-electron chi connectivity index (χ0n) is 13.4. The van der Waals surface area contributed by atoms with Gasteiger partial charge < -0.3 is 14.6 Å². The van der Waals surface area contributed by atoms with E-state index in [-0.39, 0.29) is 16.9 Å². The van der Waals surface area contributed by atoms with Gasteiger partial charge in [-0.3, -0.25) is 4.79 Å². The van der Waals surface area contributed by atoms with E-state index in [1.54, 1.807) is 12.5 Å². The van der Waals surface area contributed by atoms with Crippen LogP contribution < -0.4 is 5.32 Å². The molecule has 20 heavy (non-hydrogen) atoms. The number of amides is 1. The summed E-state index contributed by atoms with van der Waals surface area (Å²) in [6.45, 7) is 13.2. The van der Waals surface area contributed by atoms with E-state index in [4.69, 9.17) is 4.74 Å². The van der Waals surface area contributed by atoms with Crippen LogP contribution in [0, 0.1) is 5.41 Å². The van der Waals surface area contributed by atoms with E-state index in [2.05, 4.69) is 10.3 Å². The molecule has 0 saturated heterocycles. The van der Waals surface area contributed by atoms with Crippen LogP contribution in [0.2, 0.25) is 0 Å². The minimum absolute atomic E-state index is 0.0625. The summed E-state index contributed by atoms with van der Waals surface area (Å²) in [5, 5.41) is 2.94. The molecule has 1 aromatic heterocycles. The number of nitrogens with one attached hydrogen (secondary N) is 1. The normalized spacial score (nSPS) is 14.1. The van der Waals surface area contributed by atoms with Crippen LogP contribution >= 0.6 is 0 Å². The summed E-state index contributed by atoms with van der Waals surface area (Å²) in [6, 6.07) is 0. The fraction of sp³-hybridized carbons (Fsp3) is 0.733.